The standard InChI is InChI=1S/C18H13BrO2S/c1-22-15-6-2-12(3-7-15)4-8-16(20)18-11-13-10-14(19)5-9-17(13)21-18/h2-11H,1H3/b8-4+. The quantitative estimate of drug-likeness (QED) is 0.328. The largest absolute Gasteiger partial charge is 0.453 e. The first-order chi connectivity index (χ1) is 10.7. The van der Waals surface area contributed by atoms with Crippen LogP contribution in [0, 0.1) is 0 Å². The minimum absolute atomic E-state index is 0.138. The monoisotopic (exact) mass is 372 g/mol. The van der Waals surface area contributed by atoms with E-state index in [1.807, 2.05) is 48.7 Å². The minimum Gasteiger partial charge on any atom is -0.453 e. The zero-order valence-corrected chi connectivity index (χ0v) is 14.3. The van der Waals surface area contributed by atoms with Gasteiger partial charge in [-0.25, -0.2) is 0 Å². The van der Waals surface area contributed by atoms with Gasteiger partial charge in [-0.3, -0.25) is 4.79 Å². The van der Waals surface area contributed by atoms with E-state index in [2.05, 4.69) is 15.9 Å². The lowest BCUT2D eigenvalue weighted by atomic mass is 10.2. The molecule has 2 aromatic carbocycles. The van der Waals surface area contributed by atoms with Gasteiger partial charge < -0.3 is 4.42 Å². The summed E-state index contributed by atoms with van der Waals surface area (Å²) in [5, 5.41) is 0.912. The number of benzene rings is 2. The number of halogens is 1. The molecule has 0 aliphatic carbocycles. The summed E-state index contributed by atoms with van der Waals surface area (Å²) >= 11 is 5.10. The van der Waals surface area contributed by atoms with Gasteiger partial charge in [-0.2, -0.15) is 0 Å². The van der Waals surface area contributed by atoms with Crippen molar-refractivity contribution in [3.8, 4) is 0 Å². The number of hydrogen-bond acceptors (Lipinski definition) is 3. The van der Waals surface area contributed by atoms with E-state index in [0.29, 0.717) is 11.3 Å². The van der Waals surface area contributed by atoms with E-state index in [4.69, 9.17) is 4.42 Å². The maximum Gasteiger partial charge on any atom is 0.221 e. The van der Waals surface area contributed by atoms with Gasteiger partial charge >= 0.3 is 0 Å². The molecule has 0 fully saturated rings. The van der Waals surface area contributed by atoms with Crippen molar-refractivity contribution in [1.29, 1.82) is 0 Å². The van der Waals surface area contributed by atoms with E-state index in [1.165, 1.54) is 4.90 Å². The molecule has 0 unspecified atom stereocenters. The Labute approximate surface area is 141 Å². The third-order valence-electron chi connectivity index (χ3n) is 3.26. The highest BCUT2D eigenvalue weighted by Crippen LogP contribution is 2.24. The normalized spacial score (nSPS) is 11.4. The smallest absolute Gasteiger partial charge is 0.221 e. The molecule has 0 saturated carbocycles. The summed E-state index contributed by atoms with van der Waals surface area (Å²) in [5.74, 6) is 0.214. The van der Waals surface area contributed by atoms with Crippen molar-refractivity contribution in [2.45, 2.75) is 4.90 Å². The summed E-state index contributed by atoms with van der Waals surface area (Å²) in [4.78, 5) is 13.4. The molecular weight excluding hydrogens is 360 g/mol. The minimum atomic E-state index is -0.138. The maximum absolute atomic E-state index is 12.2. The third-order valence-corrected chi connectivity index (χ3v) is 4.50. The van der Waals surface area contributed by atoms with Gasteiger partial charge in [-0.05, 0) is 54.3 Å². The number of ketones is 1. The van der Waals surface area contributed by atoms with Gasteiger partial charge in [0.25, 0.3) is 0 Å². The molecule has 4 heteroatoms. The summed E-state index contributed by atoms with van der Waals surface area (Å²) in [7, 11) is 0. The Bertz CT molecular complexity index is 847. The molecule has 0 bridgehead atoms. The molecule has 0 atom stereocenters. The van der Waals surface area contributed by atoms with Gasteiger partial charge in [0, 0.05) is 14.8 Å². The first kappa shape index (κ1) is 15.1. The predicted octanol–water partition coefficient (Wildman–Crippen LogP) is 5.81. The van der Waals surface area contributed by atoms with Crippen LogP contribution in [0.15, 0.2) is 68.4 Å². The van der Waals surface area contributed by atoms with Crippen LogP contribution in [0.25, 0.3) is 17.0 Å². The SMILES string of the molecule is CSc1ccc(/C=C/C(=O)c2cc3cc(Br)ccc3o2)cc1. The van der Waals surface area contributed by atoms with Crippen LogP contribution in [-0.4, -0.2) is 12.0 Å². The molecule has 0 saturated heterocycles. The Morgan fingerprint density at radius 3 is 2.64 bits per heavy atom. The van der Waals surface area contributed by atoms with Crippen LogP contribution in [0.3, 0.4) is 0 Å². The van der Waals surface area contributed by atoms with Crippen molar-refractivity contribution >= 4 is 50.5 Å². The molecule has 0 aliphatic heterocycles. The van der Waals surface area contributed by atoms with E-state index in [-0.39, 0.29) is 5.78 Å². The molecule has 0 amide bonds. The molecule has 0 aliphatic rings. The van der Waals surface area contributed by atoms with E-state index < -0.39 is 0 Å². The molecule has 0 N–H and O–H groups in total. The maximum atomic E-state index is 12.2. The highest BCUT2D eigenvalue weighted by atomic mass is 79.9. The van der Waals surface area contributed by atoms with Gasteiger partial charge in [0.05, 0.1) is 0 Å². The van der Waals surface area contributed by atoms with Crippen molar-refractivity contribution in [2.75, 3.05) is 6.26 Å². The molecule has 3 rings (SSSR count). The van der Waals surface area contributed by atoms with Crippen LogP contribution < -0.4 is 0 Å². The lowest BCUT2D eigenvalue weighted by Gasteiger charge is -1.96. The lowest BCUT2D eigenvalue weighted by Crippen LogP contribution is -1.90. The number of furan rings is 1. The fourth-order valence-electron chi connectivity index (χ4n) is 2.10. The molecule has 3 aromatic rings. The van der Waals surface area contributed by atoms with Crippen LogP contribution in [0.4, 0.5) is 0 Å². The third kappa shape index (κ3) is 3.34. The Balaban J connectivity index is 1.81. The highest BCUT2D eigenvalue weighted by molar-refractivity contribution is 9.10. The van der Waals surface area contributed by atoms with Crippen LogP contribution in [0.1, 0.15) is 16.1 Å². The number of fused-ring (bicyclic) bond motifs is 1. The topological polar surface area (TPSA) is 30.2 Å². The number of thioether (sulfide) groups is 1. The van der Waals surface area contributed by atoms with Gasteiger partial charge in [0.2, 0.25) is 5.78 Å². The van der Waals surface area contributed by atoms with Gasteiger partial charge in [0.15, 0.2) is 5.76 Å². The number of rotatable bonds is 4. The van der Waals surface area contributed by atoms with Crippen molar-refractivity contribution in [1.82, 2.24) is 0 Å². The Hall–Kier alpha value is -1.78. The second-order valence-electron chi connectivity index (χ2n) is 4.76. The molecule has 22 heavy (non-hydrogen) atoms. The van der Waals surface area contributed by atoms with Crippen LogP contribution in [0.5, 0.6) is 0 Å². The number of hydrogen-bond donors (Lipinski definition) is 0. The van der Waals surface area contributed by atoms with Crippen LogP contribution in [-0.2, 0) is 0 Å². The zero-order chi connectivity index (χ0) is 15.5. The number of carbonyl (C=O) groups is 1. The lowest BCUT2D eigenvalue weighted by molar-refractivity contribution is 0.102. The molecule has 0 radical (unpaired) electrons. The zero-order valence-electron chi connectivity index (χ0n) is 11.9. The molecule has 1 aromatic heterocycles. The molecule has 1 heterocycles. The van der Waals surface area contributed by atoms with Crippen molar-refractivity contribution < 1.29 is 9.21 Å². The molecule has 2 nitrogen and oxygen atoms in total. The second kappa shape index (κ2) is 6.55. The van der Waals surface area contributed by atoms with Gasteiger partial charge in [-0.15, -0.1) is 11.8 Å². The van der Waals surface area contributed by atoms with Gasteiger partial charge in [0.1, 0.15) is 5.58 Å². The molecule has 110 valence electrons. The Kier molecular flexibility index (Phi) is 4.50. The van der Waals surface area contributed by atoms with Crippen molar-refractivity contribution in [3.05, 3.63) is 70.4 Å². The van der Waals surface area contributed by atoms with E-state index in [1.54, 1.807) is 30.0 Å². The van der Waals surface area contributed by atoms with Crippen molar-refractivity contribution in [3.63, 3.8) is 0 Å². The van der Waals surface area contributed by atoms with E-state index in [9.17, 15) is 4.79 Å². The average molecular weight is 373 g/mol. The summed E-state index contributed by atoms with van der Waals surface area (Å²) < 4.78 is 6.55. The Morgan fingerprint density at radius 2 is 1.91 bits per heavy atom. The number of carbonyl (C=O) groups excluding carboxylic acids is 1. The summed E-state index contributed by atoms with van der Waals surface area (Å²) in [6.45, 7) is 0. The summed E-state index contributed by atoms with van der Waals surface area (Å²) in [6, 6.07) is 15.5. The van der Waals surface area contributed by atoms with E-state index in [0.717, 1.165) is 15.4 Å². The molecular formula is C18H13BrO2S. The fraction of sp³-hybridized carbons (Fsp3) is 0.0556. The number of allylic oxidation sites excluding steroid dienone is 1. The van der Waals surface area contributed by atoms with Gasteiger partial charge in [-0.1, -0.05) is 34.1 Å². The average Bonchev–Trinajstić information content (AvgIpc) is 2.96. The second-order valence-corrected chi connectivity index (χ2v) is 6.56. The highest BCUT2D eigenvalue weighted by Gasteiger charge is 2.09. The van der Waals surface area contributed by atoms with E-state index >= 15 is 0 Å². The first-order valence-corrected chi connectivity index (χ1v) is 8.73. The van der Waals surface area contributed by atoms with Crippen LogP contribution >= 0.6 is 27.7 Å². The Morgan fingerprint density at radius 1 is 1.14 bits per heavy atom. The summed E-state index contributed by atoms with van der Waals surface area (Å²) in [6.07, 6.45) is 5.38. The van der Waals surface area contributed by atoms with Crippen LogP contribution in [0.2, 0.25) is 0 Å². The first-order valence-electron chi connectivity index (χ1n) is 6.71. The molecule has 0 spiro atoms. The predicted molar refractivity (Wildman–Crippen MR) is 95.5 cm³/mol. The van der Waals surface area contributed by atoms with Crippen molar-refractivity contribution in [2.24, 2.45) is 0 Å². The summed E-state index contributed by atoms with van der Waals surface area (Å²) in [5.41, 5.74) is 1.70. The fourth-order valence-corrected chi connectivity index (χ4v) is 2.89.